The summed E-state index contributed by atoms with van der Waals surface area (Å²) in [5, 5.41) is 13.6. The Bertz CT molecular complexity index is 1650. The Balaban J connectivity index is 1.79. The quantitative estimate of drug-likeness (QED) is 0.343. The molecule has 3 aromatic rings. The lowest BCUT2D eigenvalue weighted by Crippen LogP contribution is -2.28. The van der Waals surface area contributed by atoms with Crippen LogP contribution in [-0.4, -0.2) is 45.5 Å². The van der Waals surface area contributed by atoms with E-state index in [0.29, 0.717) is 40.0 Å². The minimum atomic E-state index is -0.591. The molecular formula is C29H28Cl2N4O5. The lowest BCUT2D eigenvalue weighted by molar-refractivity contribution is 0.0518. The highest BCUT2D eigenvalue weighted by atomic mass is 35.5. The summed E-state index contributed by atoms with van der Waals surface area (Å²) in [6.07, 6.45) is 5.83. The molecule has 11 heteroatoms. The summed E-state index contributed by atoms with van der Waals surface area (Å²) in [4.78, 5) is 30.7. The Morgan fingerprint density at radius 1 is 1.25 bits per heavy atom. The number of carbonyl (C=O) groups is 1. The number of carbonyl (C=O) groups excluding carboxylic acids is 1. The van der Waals surface area contributed by atoms with Gasteiger partial charge in [0, 0.05) is 29.9 Å². The van der Waals surface area contributed by atoms with Crippen LogP contribution in [0.5, 0.6) is 5.75 Å². The van der Waals surface area contributed by atoms with Crippen LogP contribution >= 0.6 is 23.2 Å². The third-order valence-corrected chi connectivity index (χ3v) is 7.45. The van der Waals surface area contributed by atoms with Crippen molar-refractivity contribution in [3.8, 4) is 17.1 Å². The summed E-state index contributed by atoms with van der Waals surface area (Å²) in [5.74, 6) is 0.544. The van der Waals surface area contributed by atoms with Crippen LogP contribution in [0.2, 0.25) is 5.02 Å². The number of hydrogen-bond donors (Lipinski definition) is 2. The van der Waals surface area contributed by atoms with E-state index in [-0.39, 0.29) is 30.5 Å². The van der Waals surface area contributed by atoms with Crippen molar-refractivity contribution in [1.82, 2.24) is 14.1 Å². The van der Waals surface area contributed by atoms with Gasteiger partial charge in [-0.1, -0.05) is 41.4 Å². The highest BCUT2D eigenvalue weighted by Gasteiger charge is 2.39. The predicted molar refractivity (Wildman–Crippen MR) is 155 cm³/mol. The Kier molecular flexibility index (Phi) is 7.89. The number of anilines is 1. The third-order valence-electron chi connectivity index (χ3n) is 6.92. The maximum atomic E-state index is 13.4. The predicted octanol–water partition coefficient (Wildman–Crippen LogP) is 5.39. The summed E-state index contributed by atoms with van der Waals surface area (Å²) in [6, 6.07) is 8.39. The van der Waals surface area contributed by atoms with E-state index in [4.69, 9.17) is 37.7 Å². The van der Waals surface area contributed by atoms with E-state index < -0.39 is 17.6 Å². The average molecular weight is 583 g/mol. The lowest BCUT2D eigenvalue weighted by atomic mass is 9.85. The number of ether oxygens (including phenoxy) is 2. The van der Waals surface area contributed by atoms with E-state index in [1.54, 1.807) is 20.2 Å². The minimum absolute atomic E-state index is 0.00407. The molecular weight excluding hydrogens is 555 g/mol. The molecule has 0 saturated heterocycles. The van der Waals surface area contributed by atoms with Crippen LogP contribution < -0.4 is 15.6 Å². The third kappa shape index (κ3) is 4.85. The van der Waals surface area contributed by atoms with Gasteiger partial charge in [-0.25, -0.2) is 9.78 Å². The van der Waals surface area contributed by atoms with Crippen molar-refractivity contribution in [2.45, 2.75) is 32.9 Å². The summed E-state index contributed by atoms with van der Waals surface area (Å²) in [6.45, 7) is 3.73. The summed E-state index contributed by atoms with van der Waals surface area (Å²) in [7, 11) is 1.58. The number of nitrogens with zero attached hydrogens (tertiary/aromatic N) is 3. The maximum Gasteiger partial charge on any atom is 0.358 e. The molecule has 1 atom stereocenters. The van der Waals surface area contributed by atoms with Gasteiger partial charge in [0.15, 0.2) is 5.69 Å². The fourth-order valence-electron chi connectivity index (χ4n) is 5.16. The first kappa shape index (κ1) is 27.8. The van der Waals surface area contributed by atoms with Gasteiger partial charge in [0.05, 0.1) is 43.3 Å². The average Bonchev–Trinajstić information content (AvgIpc) is 3.35. The van der Waals surface area contributed by atoms with Gasteiger partial charge in [0.25, 0.3) is 5.56 Å². The van der Waals surface area contributed by atoms with Crippen LogP contribution in [0.15, 0.2) is 69.7 Å². The number of hydrogen-bond acceptors (Lipinski definition) is 7. The number of aliphatic hydroxyl groups is 1. The SMILES string of the molecule is CCOC(=O)c1nc(-c2ccccc2OC)n2c1C(Nc1cc(Cl)c(=O)n(CCO)c1)C1=CC=C(Cl)CC1=C2C. The molecule has 0 bridgehead atoms. The van der Waals surface area contributed by atoms with E-state index in [1.165, 1.54) is 10.6 Å². The fourth-order valence-corrected chi connectivity index (χ4v) is 5.59. The first-order valence-electron chi connectivity index (χ1n) is 12.8. The second-order valence-corrected chi connectivity index (χ2v) is 10.2. The molecule has 0 saturated carbocycles. The van der Waals surface area contributed by atoms with Crippen LogP contribution in [0.4, 0.5) is 5.69 Å². The van der Waals surface area contributed by atoms with Gasteiger partial charge in [0.2, 0.25) is 0 Å². The largest absolute Gasteiger partial charge is 0.496 e. The topological polar surface area (TPSA) is 108 Å². The highest BCUT2D eigenvalue weighted by molar-refractivity contribution is 6.30. The van der Waals surface area contributed by atoms with Gasteiger partial charge >= 0.3 is 5.97 Å². The molecule has 0 amide bonds. The molecule has 2 N–H and O–H groups in total. The van der Waals surface area contributed by atoms with Crippen LogP contribution in [0.3, 0.4) is 0 Å². The number of benzene rings is 1. The lowest BCUT2D eigenvalue weighted by Gasteiger charge is -2.34. The van der Waals surface area contributed by atoms with Gasteiger partial charge in [-0.3, -0.25) is 9.36 Å². The molecule has 1 aromatic carbocycles. The molecule has 1 aliphatic heterocycles. The van der Waals surface area contributed by atoms with E-state index in [2.05, 4.69) is 5.32 Å². The van der Waals surface area contributed by atoms with Crippen molar-refractivity contribution in [3.63, 3.8) is 0 Å². The molecule has 0 fully saturated rings. The number of methoxy groups -OCH3 is 1. The number of aromatic nitrogens is 3. The van der Waals surface area contributed by atoms with E-state index in [1.807, 2.05) is 47.9 Å². The molecule has 9 nitrogen and oxygen atoms in total. The molecule has 2 aromatic heterocycles. The van der Waals surface area contributed by atoms with Gasteiger partial charge in [0.1, 0.15) is 16.6 Å². The molecule has 1 aliphatic carbocycles. The Hall–Kier alpha value is -3.79. The van der Waals surface area contributed by atoms with Crippen LogP contribution in [0.1, 0.15) is 42.5 Å². The number of nitrogens with one attached hydrogen (secondary N) is 1. The second kappa shape index (κ2) is 11.4. The normalized spacial score (nSPS) is 16.1. The molecule has 1 unspecified atom stereocenters. The number of para-hydroxylation sites is 1. The van der Waals surface area contributed by atoms with Crippen molar-refractivity contribution >= 4 is 40.6 Å². The van der Waals surface area contributed by atoms with E-state index in [0.717, 1.165) is 16.8 Å². The zero-order chi connectivity index (χ0) is 28.6. The molecule has 5 rings (SSSR count). The Morgan fingerprint density at radius 3 is 2.75 bits per heavy atom. The molecule has 0 spiro atoms. The van der Waals surface area contributed by atoms with Gasteiger partial charge in [-0.15, -0.1) is 0 Å². The second-order valence-electron chi connectivity index (χ2n) is 9.28. The first-order chi connectivity index (χ1) is 19.3. The number of rotatable bonds is 8. The van der Waals surface area contributed by atoms with Gasteiger partial charge in [-0.2, -0.15) is 0 Å². The van der Waals surface area contributed by atoms with Crippen molar-refractivity contribution in [2.75, 3.05) is 25.6 Å². The number of allylic oxidation sites excluding steroid dienone is 4. The summed E-state index contributed by atoms with van der Waals surface area (Å²) in [5.41, 5.74) is 4.24. The van der Waals surface area contributed by atoms with Crippen molar-refractivity contribution in [3.05, 3.63) is 91.6 Å². The first-order valence-corrected chi connectivity index (χ1v) is 13.5. The standard InChI is InChI=1S/C29H28Cl2N4O5/c1-4-40-29(38)25-26-24(32-18-14-22(31)28(37)34(15-18)11-12-36)19-10-9-17(30)13-21(19)16(2)35(26)27(33-25)20-7-5-6-8-23(20)39-3/h5-10,14-15,24,32,36H,4,11-13H2,1-3H3. The number of halogens is 2. The molecule has 0 radical (unpaired) electrons. The van der Waals surface area contributed by atoms with Crippen LogP contribution in [-0.2, 0) is 11.3 Å². The highest BCUT2D eigenvalue weighted by Crippen LogP contribution is 2.47. The number of esters is 1. The smallest absolute Gasteiger partial charge is 0.358 e. The van der Waals surface area contributed by atoms with Gasteiger partial charge < -0.3 is 24.5 Å². The number of fused-ring (bicyclic) bond motifs is 2. The summed E-state index contributed by atoms with van der Waals surface area (Å²) >= 11 is 12.8. The summed E-state index contributed by atoms with van der Waals surface area (Å²) < 4.78 is 14.4. The Morgan fingerprint density at radius 2 is 2.02 bits per heavy atom. The zero-order valence-electron chi connectivity index (χ0n) is 22.2. The van der Waals surface area contributed by atoms with Crippen LogP contribution in [0, 0.1) is 0 Å². The minimum Gasteiger partial charge on any atom is -0.496 e. The zero-order valence-corrected chi connectivity index (χ0v) is 23.7. The fraction of sp³-hybridized carbons (Fsp3) is 0.276. The van der Waals surface area contributed by atoms with Crippen molar-refractivity contribution in [1.29, 1.82) is 0 Å². The van der Waals surface area contributed by atoms with Crippen molar-refractivity contribution in [2.24, 2.45) is 0 Å². The molecule has 40 heavy (non-hydrogen) atoms. The van der Waals surface area contributed by atoms with Crippen LogP contribution in [0.25, 0.3) is 17.1 Å². The number of imidazole rings is 1. The van der Waals surface area contributed by atoms with Gasteiger partial charge in [-0.05, 0) is 49.3 Å². The molecule has 3 heterocycles. The molecule has 208 valence electrons. The Labute approximate surface area is 241 Å². The maximum absolute atomic E-state index is 13.4. The monoisotopic (exact) mass is 582 g/mol. The van der Waals surface area contributed by atoms with E-state index in [9.17, 15) is 14.7 Å². The number of pyridine rings is 1. The van der Waals surface area contributed by atoms with E-state index >= 15 is 0 Å². The van der Waals surface area contributed by atoms with Crippen molar-refractivity contribution < 1.29 is 19.4 Å². The number of aliphatic hydroxyl groups excluding tert-OH is 1. The molecule has 2 aliphatic rings.